The maximum Gasteiger partial charge on any atom is 0.122 e. The van der Waals surface area contributed by atoms with E-state index in [0.717, 1.165) is 24.8 Å². The highest BCUT2D eigenvalue weighted by molar-refractivity contribution is 5.44. The van der Waals surface area contributed by atoms with E-state index in [9.17, 15) is 0 Å². The molecular weight excluding hydrogens is 246 g/mol. The first kappa shape index (κ1) is 15.4. The minimum atomic E-state index is 0.256. The van der Waals surface area contributed by atoms with Crippen molar-refractivity contribution in [1.29, 1.82) is 0 Å². The van der Waals surface area contributed by atoms with Gasteiger partial charge in [-0.05, 0) is 44.2 Å². The van der Waals surface area contributed by atoms with Crippen LogP contribution < -0.4 is 10.1 Å². The van der Waals surface area contributed by atoms with Gasteiger partial charge in [-0.15, -0.1) is 0 Å². The van der Waals surface area contributed by atoms with Crippen LogP contribution in [0.1, 0.15) is 44.7 Å². The van der Waals surface area contributed by atoms with Gasteiger partial charge < -0.3 is 10.1 Å². The molecule has 2 unspecified atom stereocenters. The standard InChI is InChI=1S/C18H29NO/c1-13(2)11-19-12-18(9-8-15(18)4)16-10-14(3)6-7-17(16)20-5/h6-7,10,13,15,19H,8-9,11-12H2,1-5H3. The fourth-order valence-corrected chi connectivity index (χ4v) is 3.33. The summed E-state index contributed by atoms with van der Waals surface area (Å²) in [5, 5.41) is 3.67. The topological polar surface area (TPSA) is 21.3 Å². The fraction of sp³-hybridized carbons (Fsp3) is 0.667. The predicted octanol–water partition coefficient (Wildman–Crippen LogP) is 3.92. The SMILES string of the molecule is COc1ccc(C)cc1C1(CNCC(C)C)CCC1C. The largest absolute Gasteiger partial charge is 0.496 e. The van der Waals surface area contributed by atoms with Gasteiger partial charge in [-0.2, -0.15) is 0 Å². The fourth-order valence-electron chi connectivity index (χ4n) is 3.33. The van der Waals surface area contributed by atoms with E-state index in [1.165, 1.54) is 24.0 Å². The Morgan fingerprint density at radius 3 is 2.65 bits per heavy atom. The Labute approximate surface area is 123 Å². The number of ether oxygens (including phenoxy) is 1. The van der Waals surface area contributed by atoms with E-state index in [1.807, 2.05) is 0 Å². The minimum absolute atomic E-state index is 0.256. The molecule has 0 aromatic heterocycles. The third-order valence-electron chi connectivity index (χ3n) is 4.85. The molecule has 2 heteroatoms. The molecular formula is C18H29NO. The average Bonchev–Trinajstić information content (AvgIpc) is 2.41. The molecule has 1 aliphatic rings. The molecule has 0 saturated heterocycles. The molecule has 112 valence electrons. The summed E-state index contributed by atoms with van der Waals surface area (Å²) in [6.45, 7) is 11.2. The van der Waals surface area contributed by atoms with Crippen molar-refractivity contribution in [3.63, 3.8) is 0 Å². The van der Waals surface area contributed by atoms with Gasteiger partial charge in [-0.1, -0.05) is 38.5 Å². The molecule has 1 aromatic rings. The summed E-state index contributed by atoms with van der Waals surface area (Å²) >= 11 is 0. The summed E-state index contributed by atoms with van der Waals surface area (Å²) in [7, 11) is 1.78. The molecule has 0 bridgehead atoms. The molecule has 1 aromatic carbocycles. The zero-order chi connectivity index (χ0) is 14.8. The highest BCUT2D eigenvalue weighted by atomic mass is 16.5. The normalized spacial score (nSPS) is 25.6. The molecule has 0 heterocycles. The van der Waals surface area contributed by atoms with Gasteiger partial charge in [-0.3, -0.25) is 0 Å². The van der Waals surface area contributed by atoms with Crippen LogP contribution in [0.5, 0.6) is 5.75 Å². The van der Waals surface area contributed by atoms with Crippen molar-refractivity contribution in [1.82, 2.24) is 5.32 Å². The van der Waals surface area contributed by atoms with E-state index in [4.69, 9.17) is 4.74 Å². The van der Waals surface area contributed by atoms with E-state index in [0.29, 0.717) is 5.92 Å². The van der Waals surface area contributed by atoms with Gasteiger partial charge in [-0.25, -0.2) is 0 Å². The van der Waals surface area contributed by atoms with Gasteiger partial charge in [0, 0.05) is 17.5 Å². The molecule has 2 rings (SSSR count). The van der Waals surface area contributed by atoms with Gasteiger partial charge in [0.1, 0.15) is 5.75 Å². The number of methoxy groups -OCH3 is 1. The predicted molar refractivity (Wildman–Crippen MR) is 85.5 cm³/mol. The van der Waals surface area contributed by atoms with Gasteiger partial charge in [0.25, 0.3) is 0 Å². The highest BCUT2D eigenvalue weighted by Gasteiger charge is 2.46. The number of hydrogen-bond donors (Lipinski definition) is 1. The van der Waals surface area contributed by atoms with Crippen LogP contribution in [-0.2, 0) is 5.41 Å². The van der Waals surface area contributed by atoms with Crippen molar-refractivity contribution in [2.45, 2.75) is 46.0 Å². The second-order valence-corrected chi connectivity index (χ2v) is 6.82. The Bertz CT molecular complexity index is 455. The molecule has 1 saturated carbocycles. The van der Waals surface area contributed by atoms with E-state index < -0.39 is 0 Å². The number of nitrogens with one attached hydrogen (secondary N) is 1. The van der Waals surface area contributed by atoms with E-state index in [-0.39, 0.29) is 5.41 Å². The molecule has 2 atom stereocenters. The Morgan fingerprint density at radius 1 is 1.40 bits per heavy atom. The number of rotatable bonds is 6. The first-order chi connectivity index (χ1) is 9.49. The molecule has 0 spiro atoms. The lowest BCUT2D eigenvalue weighted by molar-refractivity contribution is 0.129. The average molecular weight is 275 g/mol. The highest BCUT2D eigenvalue weighted by Crippen LogP contribution is 2.51. The van der Waals surface area contributed by atoms with Gasteiger partial charge >= 0.3 is 0 Å². The minimum Gasteiger partial charge on any atom is -0.496 e. The van der Waals surface area contributed by atoms with Crippen LogP contribution in [-0.4, -0.2) is 20.2 Å². The van der Waals surface area contributed by atoms with E-state index in [1.54, 1.807) is 7.11 Å². The van der Waals surface area contributed by atoms with Crippen molar-refractivity contribution in [3.05, 3.63) is 29.3 Å². The Hall–Kier alpha value is -1.02. The third-order valence-corrected chi connectivity index (χ3v) is 4.85. The molecule has 1 aliphatic carbocycles. The maximum atomic E-state index is 5.63. The summed E-state index contributed by atoms with van der Waals surface area (Å²) < 4.78 is 5.63. The van der Waals surface area contributed by atoms with Crippen LogP contribution in [0.3, 0.4) is 0 Å². The van der Waals surface area contributed by atoms with Crippen molar-refractivity contribution in [2.24, 2.45) is 11.8 Å². The van der Waals surface area contributed by atoms with Gasteiger partial charge in [0.15, 0.2) is 0 Å². The zero-order valence-corrected chi connectivity index (χ0v) is 13.6. The first-order valence-corrected chi connectivity index (χ1v) is 7.85. The van der Waals surface area contributed by atoms with Gasteiger partial charge in [0.05, 0.1) is 7.11 Å². The number of benzene rings is 1. The van der Waals surface area contributed by atoms with Crippen LogP contribution in [0.2, 0.25) is 0 Å². The lowest BCUT2D eigenvalue weighted by Gasteiger charge is -2.49. The van der Waals surface area contributed by atoms with Crippen molar-refractivity contribution in [3.8, 4) is 5.75 Å². The van der Waals surface area contributed by atoms with E-state index >= 15 is 0 Å². The zero-order valence-electron chi connectivity index (χ0n) is 13.6. The lowest BCUT2D eigenvalue weighted by atomic mass is 9.57. The maximum absolute atomic E-state index is 5.63. The molecule has 2 nitrogen and oxygen atoms in total. The lowest BCUT2D eigenvalue weighted by Crippen LogP contribution is -2.50. The molecule has 20 heavy (non-hydrogen) atoms. The van der Waals surface area contributed by atoms with Crippen LogP contribution in [0.4, 0.5) is 0 Å². The van der Waals surface area contributed by atoms with Crippen LogP contribution in [0.15, 0.2) is 18.2 Å². The summed E-state index contributed by atoms with van der Waals surface area (Å²) in [5.41, 5.74) is 2.98. The van der Waals surface area contributed by atoms with Crippen molar-refractivity contribution in [2.75, 3.05) is 20.2 Å². The summed E-state index contributed by atoms with van der Waals surface area (Å²) in [4.78, 5) is 0. The monoisotopic (exact) mass is 275 g/mol. The van der Waals surface area contributed by atoms with Gasteiger partial charge in [0.2, 0.25) is 0 Å². The first-order valence-electron chi connectivity index (χ1n) is 7.85. The molecule has 0 amide bonds. The quantitative estimate of drug-likeness (QED) is 0.849. The summed E-state index contributed by atoms with van der Waals surface area (Å²) in [6, 6.07) is 6.59. The van der Waals surface area contributed by atoms with Crippen LogP contribution in [0, 0.1) is 18.8 Å². The number of hydrogen-bond acceptors (Lipinski definition) is 2. The second kappa shape index (κ2) is 6.17. The molecule has 1 fully saturated rings. The smallest absolute Gasteiger partial charge is 0.122 e. The Balaban J connectivity index is 2.26. The summed E-state index contributed by atoms with van der Waals surface area (Å²) in [6.07, 6.45) is 2.58. The van der Waals surface area contributed by atoms with Crippen molar-refractivity contribution >= 4 is 0 Å². The number of aryl methyl sites for hydroxylation is 1. The van der Waals surface area contributed by atoms with Crippen molar-refractivity contribution < 1.29 is 4.74 Å². The van der Waals surface area contributed by atoms with Crippen LogP contribution >= 0.6 is 0 Å². The Kier molecular flexibility index (Phi) is 4.74. The Morgan fingerprint density at radius 2 is 2.15 bits per heavy atom. The molecule has 0 radical (unpaired) electrons. The molecule has 0 aliphatic heterocycles. The second-order valence-electron chi connectivity index (χ2n) is 6.82. The molecule has 1 N–H and O–H groups in total. The summed E-state index contributed by atoms with van der Waals surface area (Å²) in [5.74, 6) is 2.47. The van der Waals surface area contributed by atoms with Crippen LogP contribution in [0.25, 0.3) is 0 Å². The third kappa shape index (κ3) is 2.85. The van der Waals surface area contributed by atoms with E-state index in [2.05, 4.69) is 51.2 Å².